The number of H-pyrrole nitrogens is 2. The maximum Gasteiger partial charge on any atom is 0.362 e. The highest BCUT2D eigenvalue weighted by Crippen LogP contribution is 2.09. The van der Waals surface area contributed by atoms with Crippen LogP contribution in [-0.4, -0.2) is 52.7 Å². The van der Waals surface area contributed by atoms with E-state index in [0.717, 1.165) is 5.69 Å². The van der Waals surface area contributed by atoms with Crippen molar-refractivity contribution in [2.45, 2.75) is 12.5 Å². The maximum atomic E-state index is 11.1. The zero-order chi connectivity index (χ0) is 11.6. The Labute approximate surface area is 93.3 Å². The summed E-state index contributed by atoms with van der Waals surface area (Å²) >= 11 is 4.88. The molecule has 0 spiro atoms. The third-order valence-electron chi connectivity index (χ3n) is 2.28. The summed E-state index contributed by atoms with van der Waals surface area (Å²) in [6.07, 6.45) is 2.15. The standard InChI is InChI=1S/C9H15N3O2S/c1-12(2,3)7(8(13)14)4-6-5-10-9(15)11-6/h5,7H,4H2,1-3H3,(H2-,10,11,13,14,15)/p+1/i7+1,10+1,11+1. The molecule has 0 fully saturated rings. The Morgan fingerprint density at radius 2 is 2.20 bits per heavy atom. The van der Waals surface area contributed by atoms with Gasteiger partial charge in [-0.3, -0.25) is 0 Å². The molecule has 6 heteroatoms. The smallest absolute Gasteiger partial charge is 0.362 e. The van der Waals surface area contributed by atoms with Crippen LogP contribution in [0, 0.1) is 4.77 Å². The molecule has 1 aromatic rings. The monoisotopic (exact) mass is 233 g/mol. The van der Waals surface area contributed by atoms with Crippen molar-refractivity contribution in [2.75, 3.05) is 21.1 Å². The molecular formula is C9H16N3O2S+. The fourth-order valence-corrected chi connectivity index (χ4v) is 1.57. The number of carboxylic acid groups (broad SMARTS) is 1. The average molecular weight is 233 g/mol. The van der Waals surface area contributed by atoms with E-state index >= 15 is 0 Å². The lowest BCUT2D eigenvalue weighted by molar-refractivity contribution is -0.887. The predicted molar refractivity (Wildman–Crippen MR) is 59.1 cm³/mol. The summed E-state index contributed by atoms with van der Waals surface area (Å²) < 4.78 is 0.900. The maximum absolute atomic E-state index is 11.1. The van der Waals surface area contributed by atoms with Gasteiger partial charge in [0, 0.05) is 11.9 Å². The minimum absolute atomic E-state index is 0.376. The lowest BCUT2D eigenvalue weighted by Crippen LogP contribution is -2.51. The number of aromatic amines is 2. The lowest BCUT2D eigenvalue weighted by atomic mass is 10.4. The van der Waals surface area contributed by atoms with Gasteiger partial charge in [0.2, 0.25) is 0 Å². The van der Waals surface area contributed by atoms with Gasteiger partial charge in [0.15, 0.2) is 10.8 Å². The zero-order valence-electron chi connectivity index (χ0n) is 9.07. The lowest BCUT2D eigenvalue weighted by Gasteiger charge is -2.30. The van der Waals surface area contributed by atoms with E-state index in [-0.39, 0.29) is 0 Å². The molecule has 0 amide bonds. The van der Waals surface area contributed by atoms with Gasteiger partial charge in [-0.1, -0.05) is 0 Å². The molecule has 0 saturated carbocycles. The molecule has 84 valence electrons. The van der Waals surface area contributed by atoms with E-state index < -0.39 is 12.0 Å². The third kappa shape index (κ3) is 3.17. The number of hydrogen-bond acceptors (Lipinski definition) is 2. The molecule has 1 atom stereocenters. The minimum Gasteiger partial charge on any atom is -0.477 e. The first-order valence-corrected chi connectivity index (χ1v) is 5.02. The largest absolute Gasteiger partial charge is 0.477 e. The molecule has 0 aliphatic heterocycles. The van der Waals surface area contributed by atoms with E-state index in [9.17, 15) is 4.79 Å². The van der Waals surface area contributed by atoms with Crippen molar-refractivity contribution in [1.29, 1.82) is 0 Å². The van der Waals surface area contributed by atoms with E-state index in [1.54, 1.807) is 6.20 Å². The zero-order valence-corrected chi connectivity index (χ0v) is 9.89. The van der Waals surface area contributed by atoms with Crippen LogP contribution in [0.25, 0.3) is 0 Å². The SMILES string of the molecule is C[N+](C)(C)[13CH](Cc1c[15nH]c(=S)[15nH]1)C(=O)O. The number of nitrogens with one attached hydrogen (secondary N) is 2. The van der Waals surface area contributed by atoms with E-state index in [0.29, 0.717) is 15.7 Å². The molecule has 0 aliphatic carbocycles. The Balaban J connectivity index is 2.85. The van der Waals surface area contributed by atoms with Crippen LogP contribution in [0.2, 0.25) is 0 Å². The minimum atomic E-state index is -0.803. The van der Waals surface area contributed by atoms with Gasteiger partial charge in [0.1, 0.15) is 0 Å². The van der Waals surface area contributed by atoms with Crippen molar-refractivity contribution in [3.8, 4) is 0 Å². The molecule has 1 aromatic heterocycles. The van der Waals surface area contributed by atoms with Crippen LogP contribution in [0.5, 0.6) is 0 Å². The van der Waals surface area contributed by atoms with Gasteiger partial charge < -0.3 is 19.6 Å². The number of likely N-dealkylation sites (N-methyl/N-ethyl adjacent to an activating group) is 1. The van der Waals surface area contributed by atoms with Crippen molar-refractivity contribution >= 4 is 18.2 Å². The molecule has 5 nitrogen and oxygen atoms in total. The Morgan fingerprint density at radius 1 is 1.60 bits per heavy atom. The Bertz CT molecular complexity index is 402. The van der Waals surface area contributed by atoms with Crippen LogP contribution in [0.4, 0.5) is 0 Å². The van der Waals surface area contributed by atoms with Gasteiger partial charge in [-0.05, 0) is 12.2 Å². The van der Waals surface area contributed by atoms with Crippen molar-refractivity contribution in [3.63, 3.8) is 0 Å². The Kier molecular flexibility index (Phi) is 3.31. The van der Waals surface area contributed by atoms with Crippen LogP contribution < -0.4 is 0 Å². The molecule has 0 aromatic carbocycles. The number of imidazole rings is 1. The number of rotatable bonds is 4. The highest BCUT2D eigenvalue weighted by Gasteiger charge is 2.31. The molecule has 0 aliphatic rings. The first-order chi connectivity index (χ1) is 6.80. The molecule has 0 bridgehead atoms. The summed E-state index contributed by atoms with van der Waals surface area (Å²) in [6, 6.07) is -0.480. The van der Waals surface area contributed by atoms with Crippen molar-refractivity contribution < 1.29 is 14.4 Å². The van der Waals surface area contributed by atoms with Gasteiger partial charge in [-0.15, -0.1) is 0 Å². The molecule has 15 heavy (non-hydrogen) atoms. The number of nitrogens with zero attached hydrogens (tertiary/aromatic N) is 1. The van der Waals surface area contributed by atoms with Crippen molar-refractivity contribution in [2.24, 2.45) is 0 Å². The molecule has 1 unspecified atom stereocenters. The molecule has 3 N–H and O–H groups in total. The number of aliphatic carboxylic acids is 1. The second kappa shape index (κ2) is 4.16. The van der Waals surface area contributed by atoms with Crippen LogP contribution in [0.15, 0.2) is 6.20 Å². The molecule has 1 heterocycles. The van der Waals surface area contributed by atoms with Crippen LogP contribution in [0.1, 0.15) is 5.69 Å². The van der Waals surface area contributed by atoms with Crippen LogP contribution in [0.3, 0.4) is 0 Å². The first kappa shape index (κ1) is 11.9. The van der Waals surface area contributed by atoms with Gasteiger partial charge in [-0.25, -0.2) is 4.79 Å². The summed E-state index contributed by atoms with van der Waals surface area (Å²) in [5, 5.41) is 9.11. The Hall–Kier alpha value is -1.14. The van der Waals surface area contributed by atoms with E-state index in [1.165, 1.54) is 0 Å². The number of carboxylic acids is 1. The van der Waals surface area contributed by atoms with Crippen molar-refractivity contribution in [3.05, 3.63) is 16.7 Å². The summed E-state index contributed by atoms with van der Waals surface area (Å²) in [7, 11) is 5.58. The summed E-state index contributed by atoms with van der Waals surface area (Å²) in [5.41, 5.74) is 0.820. The molecule has 0 radical (unpaired) electrons. The number of aromatic nitrogens is 2. The molecule has 0 saturated heterocycles. The topological polar surface area (TPSA) is 68.9 Å². The normalized spacial score (nSPS) is 13.8. The number of carbonyl (C=O) groups is 1. The van der Waals surface area contributed by atoms with E-state index in [2.05, 4.69) is 9.97 Å². The number of hydrogen-bond donors (Lipinski definition) is 3. The first-order valence-electron chi connectivity index (χ1n) is 4.61. The predicted octanol–water partition coefficient (Wildman–Crippen LogP) is 0.774. The molecular weight excluding hydrogens is 217 g/mol. The van der Waals surface area contributed by atoms with Gasteiger partial charge in [-0.2, -0.15) is 0 Å². The van der Waals surface area contributed by atoms with Gasteiger partial charge >= 0.3 is 5.97 Å². The summed E-state index contributed by atoms with van der Waals surface area (Å²) in [4.78, 5) is 16.8. The van der Waals surface area contributed by atoms with Gasteiger partial charge in [0.05, 0.1) is 27.6 Å². The second-order valence-corrected chi connectivity index (χ2v) is 4.85. The van der Waals surface area contributed by atoms with E-state index in [4.69, 9.17) is 17.3 Å². The molecule has 1 rings (SSSR count). The highest BCUT2D eigenvalue weighted by molar-refractivity contribution is 7.71. The summed E-state index contributed by atoms with van der Waals surface area (Å²) in [5.74, 6) is -0.803. The quantitative estimate of drug-likeness (QED) is 0.409. The third-order valence-corrected chi connectivity index (χ3v) is 2.50. The fraction of sp³-hybridized carbons (Fsp3) is 0.556. The average Bonchev–Trinajstić information content (AvgIpc) is 2.44. The highest BCUT2D eigenvalue weighted by atomic mass is 32.1. The van der Waals surface area contributed by atoms with Gasteiger partial charge in [0.25, 0.3) is 0 Å². The van der Waals surface area contributed by atoms with E-state index in [1.807, 2.05) is 21.1 Å². The van der Waals surface area contributed by atoms with Crippen molar-refractivity contribution in [1.82, 2.24) is 9.97 Å². The fourth-order valence-electron chi connectivity index (χ4n) is 1.38. The second-order valence-electron chi connectivity index (χ2n) is 4.44. The van der Waals surface area contributed by atoms with Crippen LogP contribution in [-0.2, 0) is 11.2 Å². The number of quaternary nitrogens is 1. The summed E-state index contributed by atoms with van der Waals surface area (Å²) in [6.45, 7) is 0. The Morgan fingerprint density at radius 3 is 2.53 bits per heavy atom. The van der Waals surface area contributed by atoms with Crippen LogP contribution >= 0.6 is 12.2 Å².